The highest BCUT2D eigenvalue weighted by atomic mass is 16.5. The van der Waals surface area contributed by atoms with E-state index in [0.29, 0.717) is 6.61 Å². The first-order valence-electron chi connectivity index (χ1n) is 6.52. The van der Waals surface area contributed by atoms with Crippen LogP contribution in [0.4, 0.5) is 0 Å². The van der Waals surface area contributed by atoms with E-state index in [1.165, 1.54) is 11.1 Å². The third kappa shape index (κ3) is 3.47. The predicted octanol–water partition coefficient (Wildman–Crippen LogP) is 2.69. The standard InChI is InChI=1S/C15H25NO2/c1-6-18-15-10-11(2)13(9-12(15)3)14(7-8-17)16(4)5/h9-10,14,17H,6-8H2,1-5H3. The Bertz CT molecular complexity index is 388. The van der Waals surface area contributed by atoms with Crippen molar-refractivity contribution >= 4 is 0 Å². The molecule has 0 fully saturated rings. The Balaban J connectivity index is 3.11. The molecule has 102 valence electrons. The van der Waals surface area contributed by atoms with Crippen molar-refractivity contribution in [2.24, 2.45) is 0 Å². The molecule has 0 saturated heterocycles. The highest BCUT2D eigenvalue weighted by Crippen LogP contribution is 2.30. The number of aliphatic hydroxyl groups is 1. The lowest BCUT2D eigenvalue weighted by atomic mass is 9.95. The van der Waals surface area contributed by atoms with Crippen LogP contribution in [0.3, 0.4) is 0 Å². The summed E-state index contributed by atoms with van der Waals surface area (Å²) in [5.74, 6) is 0.959. The van der Waals surface area contributed by atoms with Crippen LogP contribution in [0, 0.1) is 13.8 Å². The molecule has 0 radical (unpaired) electrons. The SMILES string of the molecule is CCOc1cc(C)c(C(CCO)N(C)C)cc1C. The van der Waals surface area contributed by atoms with Crippen LogP contribution in [0.25, 0.3) is 0 Å². The van der Waals surface area contributed by atoms with Crippen molar-refractivity contribution in [1.82, 2.24) is 4.90 Å². The van der Waals surface area contributed by atoms with E-state index in [4.69, 9.17) is 4.74 Å². The third-order valence-electron chi connectivity index (χ3n) is 3.25. The van der Waals surface area contributed by atoms with Gasteiger partial charge in [-0.3, -0.25) is 0 Å². The molecule has 0 aliphatic rings. The molecule has 3 heteroatoms. The van der Waals surface area contributed by atoms with Crippen molar-refractivity contribution in [3.8, 4) is 5.75 Å². The Morgan fingerprint density at radius 1 is 1.22 bits per heavy atom. The zero-order valence-corrected chi connectivity index (χ0v) is 12.2. The topological polar surface area (TPSA) is 32.7 Å². The lowest BCUT2D eigenvalue weighted by Crippen LogP contribution is -2.22. The van der Waals surface area contributed by atoms with Gasteiger partial charge in [-0.25, -0.2) is 0 Å². The number of benzene rings is 1. The summed E-state index contributed by atoms with van der Waals surface area (Å²) < 4.78 is 5.61. The van der Waals surface area contributed by atoms with Gasteiger partial charge in [0.15, 0.2) is 0 Å². The number of hydrogen-bond acceptors (Lipinski definition) is 3. The van der Waals surface area contributed by atoms with E-state index in [0.717, 1.165) is 17.7 Å². The summed E-state index contributed by atoms with van der Waals surface area (Å²) >= 11 is 0. The van der Waals surface area contributed by atoms with E-state index in [1.807, 2.05) is 21.0 Å². The summed E-state index contributed by atoms with van der Waals surface area (Å²) in [6.07, 6.45) is 0.751. The number of nitrogens with zero attached hydrogens (tertiary/aromatic N) is 1. The molecule has 1 aromatic carbocycles. The molecule has 0 spiro atoms. The van der Waals surface area contributed by atoms with E-state index in [9.17, 15) is 5.11 Å². The first kappa shape index (κ1) is 15.0. The molecule has 0 aliphatic carbocycles. The van der Waals surface area contributed by atoms with Crippen molar-refractivity contribution < 1.29 is 9.84 Å². The van der Waals surface area contributed by atoms with Crippen LogP contribution in [0.15, 0.2) is 12.1 Å². The molecule has 18 heavy (non-hydrogen) atoms. The monoisotopic (exact) mass is 251 g/mol. The van der Waals surface area contributed by atoms with Crippen molar-refractivity contribution in [3.63, 3.8) is 0 Å². The molecular weight excluding hydrogens is 226 g/mol. The average Bonchev–Trinajstić information content (AvgIpc) is 2.31. The first-order valence-corrected chi connectivity index (χ1v) is 6.52. The van der Waals surface area contributed by atoms with E-state index >= 15 is 0 Å². The Kier molecular flexibility index (Phi) is 5.63. The molecule has 1 atom stereocenters. The zero-order chi connectivity index (χ0) is 13.7. The molecule has 0 saturated carbocycles. The average molecular weight is 251 g/mol. The second-order valence-electron chi connectivity index (χ2n) is 4.90. The van der Waals surface area contributed by atoms with E-state index in [2.05, 4.69) is 30.9 Å². The maximum atomic E-state index is 9.19. The first-order chi connectivity index (χ1) is 8.51. The van der Waals surface area contributed by atoms with Gasteiger partial charge >= 0.3 is 0 Å². The quantitative estimate of drug-likeness (QED) is 0.843. The summed E-state index contributed by atoms with van der Waals surface area (Å²) in [5.41, 5.74) is 3.65. The van der Waals surface area contributed by atoms with Gasteiger partial charge in [0.25, 0.3) is 0 Å². The van der Waals surface area contributed by atoms with Crippen LogP contribution >= 0.6 is 0 Å². The Labute approximate surface area is 110 Å². The van der Waals surface area contributed by atoms with Gasteiger partial charge in [-0.15, -0.1) is 0 Å². The van der Waals surface area contributed by atoms with E-state index in [-0.39, 0.29) is 12.6 Å². The van der Waals surface area contributed by atoms with Gasteiger partial charge in [0.1, 0.15) is 5.75 Å². The summed E-state index contributed by atoms with van der Waals surface area (Å²) in [6.45, 7) is 7.06. The third-order valence-corrected chi connectivity index (χ3v) is 3.25. The Morgan fingerprint density at radius 3 is 2.39 bits per heavy atom. The van der Waals surface area contributed by atoms with Crippen molar-refractivity contribution in [2.45, 2.75) is 33.2 Å². The Hall–Kier alpha value is -1.06. The van der Waals surface area contributed by atoms with Gasteiger partial charge in [-0.05, 0) is 64.0 Å². The summed E-state index contributed by atoms with van der Waals surface area (Å²) in [5, 5.41) is 9.19. The number of hydrogen-bond donors (Lipinski definition) is 1. The maximum Gasteiger partial charge on any atom is 0.122 e. The number of ether oxygens (including phenoxy) is 1. The maximum absolute atomic E-state index is 9.19. The molecule has 3 nitrogen and oxygen atoms in total. The van der Waals surface area contributed by atoms with Crippen LogP contribution in [0.5, 0.6) is 5.75 Å². The lowest BCUT2D eigenvalue weighted by Gasteiger charge is -2.26. The minimum absolute atomic E-state index is 0.203. The summed E-state index contributed by atoms with van der Waals surface area (Å²) in [4.78, 5) is 2.15. The van der Waals surface area contributed by atoms with Crippen molar-refractivity contribution in [3.05, 3.63) is 28.8 Å². The van der Waals surface area contributed by atoms with Crippen LogP contribution in [-0.2, 0) is 0 Å². The summed E-state index contributed by atoms with van der Waals surface area (Å²) in [6, 6.07) is 4.53. The fourth-order valence-electron chi connectivity index (χ4n) is 2.30. The van der Waals surface area contributed by atoms with Gasteiger partial charge in [-0.1, -0.05) is 6.07 Å². The van der Waals surface area contributed by atoms with Crippen molar-refractivity contribution in [1.29, 1.82) is 0 Å². The molecule has 1 rings (SSSR count). The number of rotatable bonds is 6. The highest BCUT2D eigenvalue weighted by molar-refractivity contribution is 5.43. The normalized spacial score (nSPS) is 12.8. The molecule has 1 unspecified atom stereocenters. The van der Waals surface area contributed by atoms with Gasteiger partial charge in [0.2, 0.25) is 0 Å². The minimum atomic E-state index is 0.203. The molecule has 0 aromatic heterocycles. The molecule has 0 heterocycles. The van der Waals surface area contributed by atoms with Gasteiger partial charge in [0.05, 0.1) is 6.61 Å². The molecule has 0 bridgehead atoms. The van der Waals surface area contributed by atoms with Gasteiger partial charge in [0, 0.05) is 12.6 Å². The predicted molar refractivity (Wildman–Crippen MR) is 75.2 cm³/mol. The molecule has 0 aliphatic heterocycles. The van der Waals surface area contributed by atoms with Crippen molar-refractivity contribution in [2.75, 3.05) is 27.3 Å². The second-order valence-corrected chi connectivity index (χ2v) is 4.90. The molecular formula is C15H25NO2. The van der Waals surface area contributed by atoms with E-state index < -0.39 is 0 Å². The number of aliphatic hydroxyl groups excluding tert-OH is 1. The van der Waals surface area contributed by atoms with Gasteiger partial charge < -0.3 is 14.7 Å². The fraction of sp³-hybridized carbons (Fsp3) is 0.600. The highest BCUT2D eigenvalue weighted by Gasteiger charge is 2.17. The zero-order valence-electron chi connectivity index (χ0n) is 12.2. The van der Waals surface area contributed by atoms with E-state index in [1.54, 1.807) is 0 Å². The number of aryl methyl sites for hydroxylation is 2. The largest absolute Gasteiger partial charge is 0.494 e. The fourth-order valence-corrected chi connectivity index (χ4v) is 2.30. The molecule has 1 aromatic rings. The van der Waals surface area contributed by atoms with Crippen LogP contribution in [0.2, 0.25) is 0 Å². The minimum Gasteiger partial charge on any atom is -0.494 e. The van der Waals surface area contributed by atoms with Crippen LogP contribution in [0.1, 0.15) is 36.1 Å². The smallest absolute Gasteiger partial charge is 0.122 e. The second kappa shape index (κ2) is 6.76. The molecule has 0 amide bonds. The summed E-state index contributed by atoms with van der Waals surface area (Å²) in [7, 11) is 4.09. The Morgan fingerprint density at radius 2 is 1.89 bits per heavy atom. The van der Waals surface area contributed by atoms with Crippen LogP contribution < -0.4 is 4.74 Å². The molecule has 1 N–H and O–H groups in total. The van der Waals surface area contributed by atoms with Gasteiger partial charge in [-0.2, -0.15) is 0 Å². The van der Waals surface area contributed by atoms with Crippen LogP contribution in [-0.4, -0.2) is 37.3 Å². The lowest BCUT2D eigenvalue weighted by molar-refractivity contribution is 0.210.